The number of carbonyl (C=O) groups excluding carboxylic acids is 2. The van der Waals surface area contributed by atoms with Crippen LogP contribution in [0.2, 0.25) is 0 Å². The summed E-state index contributed by atoms with van der Waals surface area (Å²) < 4.78 is 5.56. The van der Waals surface area contributed by atoms with Gasteiger partial charge < -0.3 is 20.1 Å². The number of carboxylic acids is 1. The summed E-state index contributed by atoms with van der Waals surface area (Å²) in [6.45, 7) is 3.88. The van der Waals surface area contributed by atoms with E-state index in [0.717, 1.165) is 11.1 Å². The van der Waals surface area contributed by atoms with Crippen molar-refractivity contribution < 1.29 is 24.2 Å². The van der Waals surface area contributed by atoms with E-state index in [1.807, 2.05) is 38.1 Å². The Bertz CT molecular complexity index is 1010. The van der Waals surface area contributed by atoms with E-state index in [0.29, 0.717) is 12.2 Å². The minimum atomic E-state index is -0.981. The SMILES string of the molecule is CC(CCC(=O)N1C(C)SCC1C(=O)O)NC(=O)OCC1c2ccccc2-c2ccccc21. The molecule has 3 atom stereocenters. The van der Waals surface area contributed by atoms with E-state index in [1.54, 1.807) is 0 Å². The van der Waals surface area contributed by atoms with Crippen LogP contribution in [0.3, 0.4) is 0 Å². The number of fused-ring (bicyclic) bond motifs is 3. The molecule has 2 amide bonds. The van der Waals surface area contributed by atoms with Gasteiger partial charge in [0.15, 0.2) is 0 Å². The average Bonchev–Trinajstić information content (AvgIpc) is 3.34. The summed E-state index contributed by atoms with van der Waals surface area (Å²) in [6.07, 6.45) is 0.0493. The van der Waals surface area contributed by atoms with Gasteiger partial charge in [-0.3, -0.25) is 4.79 Å². The standard InChI is InChI=1S/C25H28N2O5S/c1-15(11-12-23(28)27-16(2)33-14-22(27)24(29)30)26-25(31)32-13-21-19-9-5-3-7-17(19)18-8-4-6-10-20(18)21/h3-10,15-16,21-22H,11-14H2,1-2H3,(H,26,31)(H,29,30). The fourth-order valence-electron chi connectivity index (χ4n) is 4.59. The zero-order chi connectivity index (χ0) is 23.5. The summed E-state index contributed by atoms with van der Waals surface area (Å²) in [7, 11) is 0. The second-order valence-electron chi connectivity index (χ2n) is 8.50. The van der Waals surface area contributed by atoms with Gasteiger partial charge in [-0.25, -0.2) is 9.59 Å². The van der Waals surface area contributed by atoms with Gasteiger partial charge >= 0.3 is 12.1 Å². The van der Waals surface area contributed by atoms with Crippen molar-refractivity contribution in [3.8, 4) is 11.1 Å². The molecule has 2 aliphatic rings. The zero-order valence-electron chi connectivity index (χ0n) is 18.7. The van der Waals surface area contributed by atoms with Crippen molar-refractivity contribution in [1.29, 1.82) is 0 Å². The number of benzene rings is 2. The van der Waals surface area contributed by atoms with E-state index < -0.39 is 18.1 Å². The van der Waals surface area contributed by atoms with Gasteiger partial charge in [-0.1, -0.05) is 48.5 Å². The molecule has 33 heavy (non-hydrogen) atoms. The smallest absolute Gasteiger partial charge is 0.407 e. The number of aliphatic carboxylic acids is 1. The summed E-state index contributed by atoms with van der Waals surface area (Å²) in [5.41, 5.74) is 4.64. The van der Waals surface area contributed by atoms with E-state index in [-0.39, 0.29) is 36.3 Å². The molecule has 7 nitrogen and oxygen atoms in total. The summed E-state index contributed by atoms with van der Waals surface area (Å²) in [6, 6.07) is 15.2. The van der Waals surface area contributed by atoms with E-state index in [4.69, 9.17) is 4.74 Å². The number of amides is 2. The van der Waals surface area contributed by atoms with Crippen LogP contribution in [0.1, 0.15) is 43.7 Å². The average molecular weight is 469 g/mol. The maximum atomic E-state index is 12.6. The van der Waals surface area contributed by atoms with Gasteiger partial charge in [0.05, 0.1) is 5.37 Å². The van der Waals surface area contributed by atoms with Gasteiger partial charge in [-0.15, -0.1) is 11.8 Å². The number of nitrogens with one attached hydrogen (secondary N) is 1. The third-order valence-electron chi connectivity index (χ3n) is 6.29. The number of carboxylic acid groups (broad SMARTS) is 1. The van der Waals surface area contributed by atoms with Gasteiger partial charge in [0, 0.05) is 24.1 Å². The van der Waals surface area contributed by atoms with Gasteiger partial charge in [-0.05, 0) is 42.5 Å². The number of ether oxygens (including phenoxy) is 1. The number of hydrogen-bond acceptors (Lipinski definition) is 5. The molecule has 174 valence electrons. The van der Waals surface area contributed by atoms with E-state index >= 15 is 0 Å². The first-order chi connectivity index (χ1) is 15.9. The van der Waals surface area contributed by atoms with Gasteiger partial charge in [0.1, 0.15) is 12.6 Å². The molecular formula is C25H28N2O5S. The molecule has 0 bridgehead atoms. The van der Waals surface area contributed by atoms with Crippen molar-refractivity contribution in [2.75, 3.05) is 12.4 Å². The second kappa shape index (κ2) is 9.87. The quantitative estimate of drug-likeness (QED) is 0.636. The molecule has 0 radical (unpaired) electrons. The molecule has 2 aromatic carbocycles. The second-order valence-corrected chi connectivity index (χ2v) is 9.85. The first-order valence-corrected chi connectivity index (χ1v) is 12.2. The van der Waals surface area contributed by atoms with Crippen LogP contribution < -0.4 is 5.32 Å². The lowest BCUT2D eigenvalue weighted by Crippen LogP contribution is -2.45. The zero-order valence-corrected chi connectivity index (χ0v) is 19.5. The van der Waals surface area contributed by atoms with Crippen molar-refractivity contribution in [3.63, 3.8) is 0 Å². The molecule has 0 spiro atoms. The number of carbonyl (C=O) groups is 3. The molecule has 0 aromatic heterocycles. The maximum absolute atomic E-state index is 12.6. The lowest BCUT2D eigenvalue weighted by Gasteiger charge is -2.25. The highest BCUT2D eigenvalue weighted by atomic mass is 32.2. The molecule has 8 heteroatoms. The first-order valence-electron chi connectivity index (χ1n) is 11.1. The fraction of sp³-hybridized carbons (Fsp3) is 0.400. The predicted octanol–water partition coefficient (Wildman–Crippen LogP) is 4.07. The Morgan fingerprint density at radius 2 is 1.73 bits per heavy atom. The Labute approximate surface area is 197 Å². The Morgan fingerprint density at radius 3 is 2.33 bits per heavy atom. The predicted molar refractivity (Wildman–Crippen MR) is 127 cm³/mol. The van der Waals surface area contributed by atoms with Crippen LogP contribution in [0.15, 0.2) is 48.5 Å². The molecule has 1 saturated heterocycles. The Balaban J connectivity index is 1.28. The van der Waals surface area contributed by atoms with Crippen LogP contribution in [-0.2, 0) is 14.3 Å². The van der Waals surface area contributed by atoms with Crippen molar-refractivity contribution in [3.05, 3.63) is 59.7 Å². The molecule has 4 rings (SSSR count). The molecule has 1 aliphatic carbocycles. The summed E-state index contributed by atoms with van der Waals surface area (Å²) >= 11 is 1.46. The minimum absolute atomic E-state index is 0.0119. The van der Waals surface area contributed by atoms with Gasteiger partial charge in [0.25, 0.3) is 0 Å². The van der Waals surface area contributed by atoms with Crippen molar-refractivity contribution in [2.45, 2.75) is 50.1 Å². The molecule has 3 unspecified atom stereocenters. The number of nitrogens with zero attached hydrogens (tertiary/aromatic N) is 1. The lowest BCUT2D eigenvalue weighted by molar-refractivity contribution is -0.149. The van der Waals surface area contributed by atoms with Crippen molar-refractivity contribution in [1.82, 2.24) is 10.2 Å². The molecule has 1 aliphatic heterocycles. The normalized spacial score (nSPS) is 20.1. The molecular weight excluding hydrogens is 440 g/mol. The van der Waals surface area contributed by atoms with Gasteiger partial charge in [0.2, 0.25) is 5.91 Å². The fourth-order valence-corrected chi connectivity index (χ4v) is 5.78. The monoisotopic (exact) mass is 468 g/mol. The maximum Gasteiger partial charge on any atom is 0.407 e. The highest BCUT2D eigenvalue weighted by molar-refractivity contribution is 8.00. The highest BCUT2D eigenvalue weighted by Gasteiger charge is 2.39. The van der Waals surface area contributed by atoms with Gasteiger partial charge in [-0.2, -0.15) is 0 Å². The molecule has 2 aromatic rings. The van der Waals surface area contributed by atoms with E-state index in [1.165, 1.54) is 27.8 Å². The molecule has 1 fully saturated rings. The van der Waals surface area contributed by atoms with Crippen LogP contribution >= 0.6 is 11.8 Å². The van der Waals surface area contributed by atoms with Crippen LogP contribution in [0, 0.1) is 0 Å². The number of alkyl carbamates (subject to hydrolysis) is 1. The Hall–Kier alpha value is -3.00. The highest BCUT2D eigenvalue weighted by Crippen LogP contribution is 2.44. The first kappa shape index (κ1) is 23.2. The van der Waals surface area contributed by atoms with Crippen LogP contribution in [0.25, 0.3) is 11.1 Å². The number of rotatable bonds is 7. The molecule has 1 heterocycles. The number of hydrogen-bond donors (Lipinski definition) is 2. The van der Waals surface area contributed by atoms with Crippen LogP contribution in [-0.4, -0.2) is 57.8 Å². The summed E-state index contributed by atoms with van der Waals surface area (Å²) in [5, 5.41) is 12.0. The minimum Gasteiger partial charge on any atom is -0.480 e. The summed E-state index contributed by atoms with van der Waals surface area (Å²) in [4.78, 5) is 37.9. The van der Waals surface area contributed by atoms with E-state index in [2.05, 4.69) is 29.6 Å². The third-order valence-corrected chi connectivity index (χ3v) is 7.51. The molecule has 2 N–H and O–H groups in total. The Kier molecular flexibility index (Phi) is 6.93. The van der Waals surface area contributed by atoms with Crippen molar-refractivity contribution in [2.24, 2.45) is 0 Å². The topological polar surface area (TPSA) is 95.9 Å². The molecule has 0 saturated carbocycles. The number of thioether (sulfide) groups is 1. The van der Waals surface area contributed by atoms with Crippen LogP contribution in [0.4, 0.5) is 4.79 Å². The third kappa shape index (κ3) is 4.85. The Morgan fingerprint density at radius 1 is 1.12 bits per heavy atom. The largest absolute Gasteiger partial charge is 0.480 e. The van der Waals surface area contributed by atoms with Crippen molar-refractivity contribution >= 4 is 29.7 Å². The van der Waals surface area contributed by atoms with E-state index in [9.17, 15) is 19.5 Å². The summed E-state index contributed by atoms with van der Waals surface area (Å²) in [5.74, 6) is -0.802. The van der Waals surface area contributed by atoms with Crippen LogP contribution in [0.5, 0.6) is 0 Å². The lowest BCUT2D eigenvalue weighted by atomic mass is 9.98.